The van der Waals surface area contributed by atoms with Gasteiger partial charge in [0, 0.05) is 0 Å². The third-order valence-electron chi connectivity index (χ3n) is 1.82. The zero-order valence-electron chi connectivity index (χ0n) is 6.49. The summed E-state index contributed by atoms with van der Waals surface area (Å²) in [7, 11) is 0. The van der Waals surface area contributed by atoms with E-state index in [0.29, 0.717) is 17.0 Å². The predicted octanol–water partition coefficient (Wildman–Crippen LogP) is 2.38. The van der Waals surface area contributed by atoms with Gasteiger partial charge in [-0.05, 0) is 18.6 Å². The molecule has 1 unspecified atom stereocenters. The van der Waals surface area contributed by atoms with Gasteiger partial charge in [0.25, 0.3) is 0 Å². The molecule has 1 aliphatic heterocycles. The molecule has 0 radical (unpaired) electrons. The molecule has 1 saturated heterocycles. The molecule has 1 aromatic heterocycles. The van der Waals surface area contributed by atoms with Crippen LogP contribution in [-0.4, -0.2) is 15.9 Å². The first kappa shape index (κ1) is 8.38. The molecule has 1 atom stereocenters. The van der Waals surface area contributed by atoms with Crippen molar-refractivity contribution in [1.29, 1.82) is 0 Å². The second-order valence-electron chi connectivity index (χ2n) is 2.68. The number of halogens is 1. The summed E-state index contributed by atoms with van der Waals surface area (Å²) >= 11 is 7.44. The molecular weight excluding hydrogens is 196 g/mol. The van der Waals surface area contributed by atoms with Crippen LogP contribution in [0, 0.1) is 0 Å². The van der Waals surface area contributed by atoms with Crippen LogP contribution < -0.4 is 0 Å². The fourth-order valence-electron chi connectivity index (χ4n) is 1.23. The summed E-state index contributed by atoms with van der Waals surface area (Å²) in [5.74, 6) is 2.85. The van der Waals surface area contributed by atoms with E-state index >= 15 is 0 Å². The Labute approximate surface area is 79.9 Å². The van der Waals surface area contributed by atoms with Crippen LogP contribution in [0.1, 0.15) is 29.8 Å². The third kappa shape index (κ3) is 1.59. The van der Waals surface area contributed by atoms with Crippen LogP contribution in [0.25, 0.3) is 0 Å². The Kier molecular flexibility index (Phi) is 2.56. The molecule has 0 amide bonds. The summed E-state index contributed by atoms with van der Waals surface area (Å²) in [5.41, 5.74) is 0. The molecule has 12 heavy (non-hydrogen) atoms. The molecule has 1 fully saturated rings. The lowest BCUT2D eigenvalue weighted by atomic mass is 10.2. The number of alkyl halides is 1. The molecule has 0 spiro atoms. The van der Waals surface area contributed by atoms with Crippen molar-refractivity contribution in [2.45, 2.75) is 24.0 Å². The van der Waals surface area contributed by atoms with Crippen LogP contribution >= 0.6 is 23.4 Å². The number of hydrogen-bond acceptors (Lipinski definition) is 4. The predicted molar refractivity (Wildman–Crippen MR) is 48.3 cm³/mol. The summed E-state index contributed by atoms with van der Waals surface area (Å²) in [6.07, 6.45) is 2.41. The average molecular weight is 205 g/mol. The van der Waals surface area contributed by atoms with Crippen molar-refractivity contribution in [2.75, 3.05) is 5.75 Å². The van der Waals surface area contributed by atoms with Gasteiger partial charge in [-0.15, -0.1) is 11.6 Å². The molecule has 3 nitrogen and oxygen atoms in total. The van der Waals surface area contributed by atoms with E-state index in [4.69, 9.17) is 16.1 Å². The highest BCUT2D eigenvalue weighted by Gasteiger charge is 2.22. The fourth-order valence-corrected chi connectivity index (χ4v) is 2.54. The minimum Gasteiger partial charge on any atom is -0.338 e. The fraction of sp³-hybridized carbons (Fsp3) is 0.714. The molecule has 0 aliphatic carbocycles. The Morgan fingerprint density at radius 2 is 2.58 bits per heavy atom. The maximum Gasteiger partial charge on any atom is 0.241 e. The van der Waals surface area contributed by atoms with Crippen LogP contribution in [0.5, 0.6) is 0 Å². The minimum atomic E-state index is 0.310. The maximum atomic E-state index is 5.54. The highest BCUT2D eigenvalue weighted by atomic mass is 35.5. The van der Waals surface area contributed by atoms with Crippen LogP contribution in [0.2, 0.25) is 0 Å². The van der Waals surface area contributed by atoms with Crippen molar-refractivity contribution in [1.82, 2.24) is 10.1 Å². The first-order chi connectivity index (χ1) is 5.90. The maximum absolute atomic E-state index is 5.54. The lowest BCUT2D eigenvalue weighted by Crippen LogP contribution is -1.91. The second-order valence-corrected chi connectivity index (χ2v) is 4.26. The highest BCUT2D eigenvalue weighted by Crippen LogP contribution is 2.38. The monoisotopic (exact) mass is 204 g/mol. The normalized spacial score (nSPS) is 23.2. The summed E-state index contributed by atoms with van der Waals surface area (Å²) < 4.78 is 4.92. The minimum absolute atomic E-state index is 0.310. The highest BCUT2D eigenvalue weighted by molar-refractivity contribution is 7.99. The second kappa shape index (κ2) is 3.66. The standard InChI is InChI=1S/C7H9ClN2OS/c8-4-6-9-7(10-11-6)5-2-1-3-12-5/h5H,1-4H2. The number of aromatic nitrogens is 2. The quantitative estimate of drug-likeness (QED) is 0.694. The van der Waals surface area contributed by atoms with E-state index in [2.05, 4.69) is 10.1 Å². The number of rotatable bonds is 2. The van der Waals surface area contributed by atoms with Crippen molar-refractivity contribution in [2.24, 2.45) is 0 Å². The molecule has 0 bridgehead atoms. The first-order valence-corrected chi connectivity index (χ1v) is 5.48. The van der Waals surface area contributed by atoms with Gasteiger partial charge in [0.15, 0.2) is 5.82 Å². The summed E-state index contributed by atoms with van der Waals surface area (Å²) in [6, 6.07) is 0. The van der Waals surface area contributed by atoms with Gasteiger partial charge in [-0.25, -0.2) is 0 Å². The zero-order valence-corrected chi connectivity index (χ0v) is 8.07. The molecule has 66 valence electrons. The molecular formula is C7H9ClN2OS. The van der Waals surface area contributed by atoms with E-state index in [1.165, 1.54) is 12.2 Å². The topological polar surface area (TPSA) is 38.9 Å². The van der Waals surface area contributed by atoms with Crippen molar-refractivity contribution in [3.63, 3.8) is 0 Å². The van der Waals surface area contributed by atoms with E-state index in [1.54, 1.807) is 0 Å². The van der Waals surface area contributed by atoms with Crippen LogP contribution in [-0.2, 0) is 5.88 Å². The number of nitrogens with zero attached hydrogens (tertiary/aromatic N) is 2. The van der Waals surface area contributed by atoms with E-state index in [9.17, 15) is 0 Å². The molecule has 2 heterocycles. The van der Waals surface area contributed by atoms with Gasteiger partial charge in [0.2, 0.25) is 5.89 Å². The zero-order chi connectivity index (χ0) is 8.39. The molecule has 0 saturated carbocycles. The third-order valence-corrected chi connectivity index (χ3v) is 3.42. The molecule has 0 aromatic carbocycles. The first-order valence-electron chi connectivity index (χ1n) is 3.90. The summed E-state index contributed by atoms with van der Waals surface area (Å²) in [6.45, 7) is 0. The van der Waals surface area contributed by atoms with Gasteiger partial charge in [-0.3, -0.25) is 0 Å². The Bertz CT molecular complexity index is 260. The van der Waals surface area contributed by atoms with Crippen molar-refractivity contribution < 1.29 is 4.52 Å². The summed E-state index contributed by atoms with van der Waals surface area (Å²) in [4.78, 5) is 4.18. The molecule has 2 rings (SSSR count). The largest absolute Gasteiger partial charge is 0.338 e. The van der Waals surface area contributed by atoms with Gasteiger partial charge in [0.05, 0.1) is 5.25 Å². The van der Waals surface area contributed by atoms with Gasteiger partial charge in [0.1, 0.15) is 5.88 Å². The van der Waals surface area contributed by atoms with Crippen molar-refractivity contribution in [3.05, 3.63) is 11.7 Å². The number of hydrogen-bond donors (Lipinski definition) is 0. The average Bonchev–Trinajstić information content (AvgIpc) is 2.75. The van der Waals surface area contributed by atoms with Crippen molar-refractivity contribution in [3.8, 4) is 0 Å². The van der Waals surface area contributed by atoms with Gasteiger partial charge in [-0.2, -0.15) is 16.7 Å². The van der Waals surface area contributed by atoms with E-state index in [-0.39, 0.29) is 0 Å². The SMILES string of the molecule is ClCc1nc(C2CCCS2)no1. The molecule has 1 aromatic rings. The molecule has 5 heteroatoms. The Morgan fingerprint density at radius 3 is 3.17 bits per heavy atom. The van der Waals surface area contributed by atoms with Gasteiger partial charge < -0.3 is 4.52 Å². The lowest BCUT2D eigenvalue weighted by Gasteiger charge is -1.98. The Morgan fingerprint density at radius 1 is 1.67 bits per heavy atom. The van der Waals surface area contributed by atoms with E-state index in [1.807, 2.05) is 11.8 Å². The number of thioether (sulfide) groups is 1. The van der Waals surface area contributed by atoms with Gasteiger partial charge >= 0.3 is 0 Å². The Balaban J connectivity index is 2.11. The van der Waals surface area contributed by atoms with Crippen LogP contribution in [0.4, 0.5) is 0 Å². The molecule has 0 N–H and O–H groups in total. The van der Waals surface area contributed by atoms with E-state index in [0.717, 1.165) is 12.2 Å². The van der Waals surface area contributed by atoms with Crippen LogP contribution in [0.15, 0.2) is 4.52 Å². The molecule has 1 aliphatic rings. The summed E-state index contributed by atoms with van der Waals surface area (Å²) in [5, 5.41) is 4.31. The lowest BCUT2D eigenvalue weighted by molar-refractivity contribution is 0.383. The smallest absolute Gasteiger partial charge is 0.241 e. The Hall–Kier alpha value is -0.220. The van der Waals surface area contributed by atoms with Gasteiger partial charge in [-0.1, -0.05) is 5.16 Å². The van der Waals surface area contributed by atoms with E-state index < -0.39 is 0 Å². The van der Waals surface area contributed by atoms with Crippen LogP contribution in [0.3, 0.4) is 0 Å². The van der Waals surface area contributed by atoms with Crippen molar-refractivity contribution >= 4 is 23.4 Å².